The fourth-order valence-electron chi connectivity index (χ4n) is 2.75. The molecule has 5 heteroatoms. The third kappa shape index (κ3) is 3.04. The molecule has 1 aliphatic heterocycles. The van der Waals surface area contributed by atoms with Crippen molar-refractivity contribution in [1.82, 2.24) is 25.5 Å². The predicted octanol–water partition coefficient (Wildman–Crippen LogP) is 2.03. The Hall–Kier alpha value is -1.75. The molecule has 0 atom stereocenters. The summed E-state index contributed by atoms with van der Waals surface area (Å²) in [6.07, 6.45) is 3.40. The molecule has 1 fully saturated rings. The number of hydrogen-bond donors (Lipinski definition) is 2. The fourth-order valence-corrected chi connectivity index (χ4v) is 2.75. The molecule has 106 valence electrons. The predicted molar refractivity (Wildman–Crippen MR) is 78.4 cm³/mol. The van der Waals surface area contributed by atoms with E-state index in [1.165, 1.54) is 12.8 Å². The first-order valence-electron chi connectivity index (χ1n) is 7.28. The van der Waals surface area contributed by atoms with E-state index in [9.17, 15) is 0 Å². The molecule has 2 aromatic rings. The van der Waals surface area contributed by atoms with Crippen molar-refractivity contribution in [3.05, 3.63) is 29.3 Å². The number of piperidine rings is 1. The van der Waals surface area contributed by atoms with E-state index in [1.807, 2.05) is 26.0 Å². The molecule has 0 bridgehead atoms. The van der Waals surface area contributed by atoms with Crippen LogP contribution in [0.4, 0.5) is 0 Å². The SMILES string of the molecule is Cc1cc(-c2cc(C)[nH]n2)nc(CC2CCNCC2)n1. The van der Waals surface area contributed by atoms with E-state index in [0.717, 1.165) is 48.1 Å². The maximum absolute atomic E-state index is 4.70. The molecule has 0 aromatic carbocycles. The minimum Gasteiger partial charge on any atom is -0.317 e. The molecule has 5 nitrogen and oxygen atoms in total. The van der Waals surface area contributed by atoms with Crippen molar-refractivity contribution in [2.45, 2.75) is 33.1 Å². The van der Waals surface area contributed by atoms with Gasteiger partial charge in [-0.2, -0.15) is 5.10 Å². The molecule has 1 saturated heterocycles. The van der Waals surface area contributed by atoms with E-state index >= 15 is 0 Å². The zero-order chi connectivity index (χ0) is 13.9. The summed E-state index contributed by atoms with van der Waals surface area (Å²) in [5.74, 6) is 1.65. The molecule has 3 heterocycles. The van der Waals surface area contributed by atoms with Crippen LogP contribution in [0.15, 0.2) is 12.1 Å². The number of aromatic nitrogens is 4. The van der Waals surface area contributed by atoms with Crippen LogP contribution in [0.1, 0.15) is 30.1 Å². The van der Waals surface area contributed by atoms with E-state index in [1.54, 1.807) is 0 Å². The molecule has 0 amide bonds. The molecule has 0 saturated carbocycles. The second kappa shape index (κ2) is 5.71. The lowest BCUT2D eigenvalue weighted by molar-refractivity contribution is 0.367. The van der Waals surface area contributed by atoms with Crippen LogP contribution in [0.5, 0.6) is 0 Å². The summed E-state index contributed by atoms with van der Waals surface area (Å²) in [4.78, 5) is 9.29. The van der Waals surface area contributed by atoms with Crippen molar-refractivity contribution in [3.63, 3.8) is 0 Å². The molecule has 0 radical (unpaired) electrons. The van der Waals surface area contributed by atoms with Crippen LogP contribution in [0.2, 0.25) is 0 Å². The first-order valence-corrected chi connectivity index (χ1v) is 7.28. The summed E-state index contributed by atoms with van der Waals surface area (Å²) < 4.78 is 0. The highest BCUT2D eigenvalue weighted by Gasteiger charge is 2.16. The van der Waals surface area contributed by atoms with E-state index in [-0.39, 0.29) is 0 Å². The Labute approximate surface area is 119 Å². The van der Waals surface area contributed by atoms with Crippen molar-refractivity contribution in [2.75, 3.05) is 13.1 Å². The Bertz CT molecular complexity index is 584. The van der Waals surface area contributed by atoms with E-state index < -0.39 is 0 Å². The summed E-state index contributed by atoms with van der Waals surface area (Å²) >= 11 is 0. The average molecular weight is 271 g/mol. The normalized spacial score (nSPS) is 16.5. The largest absolute Gasteiger partial charge is 0.317 e. The number of nitrogens with one attached hydrogen (secondary N) is 2. The Morgan fingerprint density at radius 1 is 1.10 bits per heavy atom. The molecular formula is C15H21N5. The zero-order valence-corrected chi connectivity index (χ0v) is 12.1. The van der Waals surface area contributed by atoms with Crippen LogP contribution in [-0.2, 0) is 6.42 Å². The number of hydrogen-bond acceptors (Lipinski definition) is 4. The van der Waals surface area contributed by atoms with Gasteiger partial charge in [0.25, 0.3) is 0 Å². The lowest BCUT2D eigenvalue weighted by atomic mass is 9.94. The zero-order valence-electron chi connectivity index (χ0n) is 12.1. The highest BCUT2D eigenvalue weighted by molar-refractivity contribution is 5.54. The van der Waals surface area contributed by atoms with Crippen LogP contribution in [-0.4, -0.2) is 33.3 Å². The molecular weight excluding hydrogens is 250 g/mol. The van der Waals surface area contributed by atoms with Gasteiger partial charge in [-0.15, -0.1) is 0 Å². The monoisotopic (exact) mass is 271 g/mol. The number of H-pyrrole nitrogens is 1. The summed E-state index contributed by atoms with van der Waals surface area (Å²) in [6, 6.07) is 4.03. The number of rotatable bonds is 3. The van der Waals surface area contributed by atoms with Crippen molar-refractivity contribution >= 4 is 0 Å². The van der Waals surface area contributed by atoms with Crippen molar-refractivity contribution in [1.29, 1.82) is 0 Å². The standard InChI is InChI=1S/C15H21N5/c1-10-7-13(14-8-11(2)19-20-14)18-15(17-10)9-12-3-5-16-6-4-12/h7-8,12,16H,3-6,9H2,1-2H3,(H,19,20). The Balaban J connectivity index is 1.82. The van der Waals surface area contributed by atoms with E-state index in [0.29, 0.717) is 5.92 Å². The highest BCUT2D eigenvalue weighted by atomic mass is 15.1. The van der Waals surface area contributed by atoms with Gasteiger partial charge in [-0.05, 0) is 57.8 Å². The second-order valence-electron chi connectivity index (χ2n) is 5.64. The summed E-state index contributed by atoms with van der Waals surface area (Å²) in [5, 5.41) is 10.7. The maximum atomic E-state index is 4.70. The van der Waals surface area contributed by atoms with Crippen molar-refractivity contribution < 1.29 is 0 Å². The van der Waals surface area contributed by atoms with Crippen LogP contribution < -0.4 is 5.32 Å². The number of aromatic amines is 1. The van der Waals surface area contributed by atoms with Gasteiger partial charge in [0.1, 0.15) is 11.5 Å². The first kappa shape index (κ1) is 13.2. The fraction of sp³-hybridized carbons (Fsp3) is 0.533. The minimum atomic E-state index is 0.701. The number of aryl methyl sites for hydroxylation is 2. The summed E-state index contributed by atoms with van der Waals surface area (Å²) in [5.41, 5.74) is 3.89. The molecule has 0 unspecified atom stereocenters. The van der Waals surface area contributed by atoms with Gasteiger partial charge in [0, 0.05) is 17.8 Å². The average Bonchev–Trinajstić information content (AvgIpc) is 2.86. The second-order valence-corrected chi connectivity index (χ2v) is 5.64. The Kier molecular flexibility index (Phi) is 3.78. The highest BCUT2D eigenvalue weighted by Crippen LogP contribution is 2.20. The van der Waals surface area contributed by atoms with Crippen molar-refractivity contribution in [2.24, 2.45) is 5.92 Å². The van der Waals surface area contributed by atoms with Crippen LogP contribution in [0.3, 0.4) is 0 Å². The Morgan fingerprint density at radius 2 is 1.90 bits per heavy atom. The lowest BCUT2D eigenvalue weighted by Gasteiger charge is -2.21. The van der Waals surface area contributed by atoms with Crippen molar-refractivity contribution in [3.8, 4) is 11.4 Å². The lowest BCUT2D eigenvalue weighted by Crippen LogP contribution is -2.29. The molecule has 3 rings (SSSR count). The van der Waals surface area contributed by atoms with E-state index in [2.05, 4.69) is 20.5 Å². The topological polar surface area (TPSA) is 66.5 Å². The molecule has 2 N–H and O–H groups in total. The van der Waals surface area contributed by atoms with Gasteiger partial charge in [0.2, 0.25) is 0 Å². The van der Waals surface area contributed by atoms with Gasteiger partial charge in [-0.3, -0.25) is 5.10 Å². The number of nitrogens with zero attached hydrogens (tertiary/aromatic N) is 3. The van der Waals surface area contributed by atoms with Gasteiger partial charge < -0.3 is 5.32 Å². The third-order valence-corrected chi connectivity index (χ3v) is 3.80. The first-order chi connectivity index (χ1) is 9.70. The van der Waals surface area contributed by atoms with Gasteiger partial charge in [-0.25, -0.2) is 9.97 Å². The Morgan fingerprint density at radius 3 is 2.60 bits per heavy atom. The molecule has 1 aliphatic rings. The molecule has 20 heavy (non-hydrogen) atoms. The van der Waals surface area contributed by atoms with Gasteiger partial charge in [0.05, 0.1) is 5.69 Å². The third-order valence-electron chi connectivity index (χ3n) is 3.80. The minimum absolute atomic E-state index is 0.701. The summed E-state index contributed by atoms with van der Waals surface area (Å²) in [7, 11) is 0. The van der Waals surface area contributed by atoms with Crippen LogP contribution in [0, 0.1) is 19.8 Å². The van der Waals surface area contributed by atoms with Gasteiger partial charge in [0.15, 0.2) is 0 Å². The van der Waals surface area contributed by atoms with Crippen LogP contribution >= 0.6 is 0 Å². The van der Waals surface area contributed by atoms with E-state index in [4.69, 9.17) is 4.98 Å². The smallest absolute Gasteiger partial charge is 0.129 e. The quantitative estimate of drug-likeness (QED) is 0.896. The van der Waals surface area contributed by atoms with Crippen LogP contribution in [0.25, 0.3) is 11.4 Å². The summed E-state index contributed by atoms with van der Waals surface area (Å²) in [6.45, 7) is 6.25. The van der Waals surface area contributed by atoms with Gasteiger partial charge >= 0.3 is 0 Å². The van der Waals surface area contributed by atoms with Gasteiger partial charge in [-0.1, -0.05) is 0 Å². The molecule has 2 aromatic heterocycles. The molecule has 0 aliphatic carbocycles. The molecule has 0 spiro atoms. The maximum Gasteiger partial charge on any atom is 0.129 e.